The summed E-state index contributed by atoms with van der Waals surface area (Å²) in [7, 11) is 0. The number of halogens is 5. The third kappa shape index (κ3) is 4.80. The van der Waals surface area contributed by atoms with Crippen molar-refractivity contribution in [3.63, 3.8) is 0 Å². The lowest BCUT2D eigenvalue weighted by Gasteiger charge is -2.17. The van der Waals surface area contributed by atoms with Gasteiger partial charge in [-0.25, -0.2) is 4.79 Å². The first-order valence-electron chi connectivity index (χ1n) is 6.51. The zero-order chi connectivity index (χ0) is 17.9. The number of carbonyl (C=O) groups is 1. The molecule has 0 spiro atoms. The number of hydrogen-bond acceptors (Lipinski definition) is 4. The van der Waals surface area contributed by atoms with E-state index in [9.17, 15) is 4.79 Å². The monoisotopic (exact) mass is 427 g/mol. The molecule has 0 amide bonds. The SMILES string of the molecule is Cc1nc(C(Cl)(Cl)Cl)c(Cl)c(OC(=O)OCc2ccccc2)c1Cl. The van der Waals surface area contributed by atoms with Crippen molar-refractivity contribution < 1.29 is 14.3 Å². The highest BCUT2D eigenvalue weighted by Gasteiger charge is 2.32. The molecule has 0 bridgehead atoms. The van der Waals surface area contributed by atoms with Crippen molar-refractivity contribution in [2.45, 2.75) is 17.3 Å². The van der Waals surface area contributed by atoms with Crippen molar-refractivity contribution >= 4 is 64.2 Å². The second-order valence-corrected chi connectivity index (χ2v) is 7.66. The van der Waals surface area contributed by atoms with Crippen molar-refractivity contribution in [2.75, 3.05) is 0 Å². The molecule has 0 atom stereocenters. The van der Waals surface area contributed by atoms with Gasteiger partial charge in [0.15, 0.2) is 5.75 Å². The molecule has 1 aromatic carbocycles. The fourth-order valence-corrected chi connectivity index (χ4v) is 2.84. The fraction of sp³-hybridized carbons (Fsp3) is 0.200. The molecular formula is C15H10Cl5NO3. The molecule has 2 rings (SSSR count). The summed E-state index contributed by atoms with van der Waals surface area (Å²) < 4.78 is 8.18. The van der Waals surface area contributed by atoms with E-state index in [1.807, 2.05) is 18.2 Å². The van der Waals surface area contributed by atoms with Crippen molar-refractivity contribution in [1.29, 1.82) is 0 Å². The number of ether oxygens (including phenoxy) is 2. The van der Waals surface area contributed by atoms with Gasteiger partial charge in [-0.3, -0.25) is 4.98 Å². The van der Waals surface area contributed by atoms with Crippen LogP contribution in [-0.2, 0) is 15.1 Å². The Hall–Kier alpha value is -0.910. The minimum absolute atomic E-state index is 0.0228. The van der Waals surface area contributed by atoms with Crippen LogP contribution in [0.5, 0.6) is 5.75 Å². The van der Waals surface area contributed by atoms with Crippen LogP contribution in [0.3, 0.4) is 0 Å². The molecule has 1 heterocycles. The van der Waals surface area contributed by atoms with Crippen molar-refractivity contribution in [2.24, 2.45) is 0 Å². The molecule has 4 nitrogen and oxygen atoms in total. The Morgan fingerprint density at radius 2 is 1.75 bits per heavy atom. The summed E-state index contributed by atoms with van der Waals surface area (Å²) in [6.07, 6.45) is -0.997. The number of benzene rings is 1. The highest BCUT2D eigenvalue weighted by atomic mass is 35.6. The van der Waals surface area contributed by atoms with Crippen LogP contribution in [0, 0.1) is 6.92 Å². The van der Waals surface area contributed by atoms with Gasteiger partial charge in [0.2, 0.25) is 3.79 Å². The topological polar surface area (TPSA) is 48.4 Å². The molecule has 0 saturated heterocycles. The van der Waals surface area contributed by atoms with Crippen LogP contribution >= 0.6 is 58.0 Å². The lowest BCUT2D eigenvalue weighted by Crippen LogP contribution is -2.14. The number of alkyl halides is 3. The molecule has 0 aliphatic rings. The molecule has 1 aromatic heterocycles. The lowest BCUT2D eigenvalue weighted by atomic mass is 10.2. The maximum absolute atomic E-state index is 11.9. The molecule has 0 N–H and O–H groups in total. The van der Waals surface area contributed by atoms with Crippen molar-refractivity contribution in [3.8, 4) is 5.75 Å². The molecule has 2 aromatic rings. The highest BCUT2D eigenvalue weighted by molar-refractivity contribution is 6.67. The number of rotatable bonds is 3. The molecule has 24 heavy (non-hydrogen) atoms. The Labute approximate surface area is 163 Å². The normalized spacial score (nSPS) is 11.2. The van der Waals surface area contributed by atoms with E-state index in [0.717, 1.165) is 5.56 Å². The van der Waals surface area contributed by atoms with Gasteiger partial charge in [-0.05, 0) is 12.5 Å². The van der Waals surface area contributed by atoms with Crippen molar-refractivity contribution in [3.05, 3.63) is 57.3 Å². The third-order valence-electron chi connectivity index (χ3n) is 2.86. The maximum Gasteiger partial charge on any atom is 0.514 e. The third-order valence-corrected chi connectivity index (χ3v) is 4.19. The summed E-state index contributed by atoms with van der Waals surface area (Å²) in [5.41, 5.74) is 0.981. The second-order valence-electron chi connectivity index (χ2n) is 4.63. The predicted octanol–water partition coefficient (Wildman–Crippen LogP) is 6.24. The average Bonchev–Trinajstić information content (AvgIpc) is 2.53. The van der Waals surface area contributed by atoms with Crippen LogP contribution in [0.1, 0.15) is 17.0 Å². The molecule has 0 fully saturated rings. The number of aryl methyl sites for hydroxylation is 1. The Morgan fingerprint density at radius 1 is 1.12 bits per heavy atom. The van der Waals surface area contributed by atoms with E-state index in [1.54, 1.807) is 19.1 Å². The minimum Gasteiger partial charge on any atom is -0.429 e. The van der Waals surface area contributed by atoms with E-state index in [1.165, 1.54) is 0 Å². The Balaban J connectivity index is 2.19. The van der Waals surface area contributed by atoms with Crippen LogP contribution < -0.4 is 4.74 Å². The van der Waals surface area contributed by atoms with Gasteiger partial charge >= 0.3 is 6.16 Å². The number of hydrogen-bond donors (Lipinski definition) is 0. The van der Waals surface area contributed by atoms with Gasteiger partial charge in [0.25, 0.3) is 0 Å². The van der Waals surface area contributed by atoms with E-state index in [4.69, 9.17) is 67.5 Å². The maximum atomic E-state index is 11.9. The van der Waals surface area contributed by atoms with Gasteiger partial charge in [0, 0.05) is 0 Å². The summed E-state index contributed by atoms with van der Waals surface area (Å²) in [6, 6.07) is 9.07. The summed E-state index contributed by atoms with van der Waals surface area (Å²) in [6.45, 7) is 1.58. The van der Waals surface area contributed by atoms with E-state index >= 15 is 0 Å². The number of nitrogens with zero attached hydrogens (tertiary/aromatic N) is 1. The first-order chi connectivity index (χ1) is 11.2. The van der Waals surface area contributed by atoms with Gasteiger partial charge in [0.1, 0.15) is 22.3 Å². The van der Waals surface area contributed by atoms with Crippen molar-refractivity contribution in [1.82, 2.24) is 4.98 Å². The summed E-state index contributed by atoms with van der Waals surface area (Å²) in [5.74, 6) is -0.176. The van der Waals surface area contributed by atoms with Gasteiger partial charge in [0.05, 0.1) is 5.69 Å². The fourth-order valence-electron chi connectivity index (χ4n) is 1.74. The summed E-state index contributed by atoms with van der Waals surface area (Å²) >= 11 is 29.6. The Kier molecular flexibility index (Phi) is 6.46. The molecule has 0 unspecified atom stereocenters. The van der Waals surface area contributed by atoms with Crippen LogP contribution in [0.2, 0.25) is 10.0 Å². The highest BCUT2D eigenvalue weighted by Crippen LogP contribution is 2.46. The number of carbonyl (C=O) groups excluding carboxylic acids is 1. The lowest BCUT2D eigenvalue weighted by molar-refractivity contribution is 0.0927. The molecule has 0 aliphatic heterocycles. The quantitative estimate of drug-likeness (QED) is 0.428. The Bertz CT molecular complexity index is 747. The van der Waals surface area contributed by atoms with Gasteiger partial charge in [-0.15, -0.1) is 0 Å². The van der Waals surface area contributed by atoms with Gasteiger partial charge in [-0.2, -0.15) is 0 Å². The van der Waals surface area contributed by atoms with Crippen LogP contribution in [0.4, 0.5) is 4.79 Å². The molecular weight excluding hydrogens is 419 g/mol. The minimum atomic E-state index is -1.90. The summed E-state index contributed by atoms with van der Waals surface area (Å²) in [4.78, 5) is 15.9. The zero-order valence-electron chi connectivity index (χ0n) is 12.2. The first-order valence-corrected chi connectivity index (χ1v) is 8.40. The summed E-state index contributed by atoms with van der Waals surface area (Å²) in [5, 5.41) is -0.156. The van der Waals surface area contributed by atoms with Crippen LogP contribution in [-0.4, -0.2) is 11.1 Å². The van der Waals surface area contributed by atoms with Crippen LogP contribution in [0.15, 0.2) is 30.3 Å². The molecule has 0 saturated carbocycles. The van der Waals surface area contributed by atoms with Gasteiger partial charge in [-0.1, -0.05) is 88.3 Å². The predicted molar refractivity (Wildman–Crippen MR) is 95.5 cm³/mol. The van der Waals surface area contributed by atoms with E-state index < -0.39 is 9.95 Å². The molecule has 128 valence electrons. The largest absolute Gasteiger partial charge is 0.514 e. The zero-order valence-corrected chi connectivity index (χ0v) is 15.9. The first kappa shape index (κ1) is 19.4. The smallest absolute Gasteiger partial charge is 0.429 e. The Morgan fingerprint density at radius 3 is 2.33 bits per heavy atom. The van der Waals surface area contributed by atoms with Gasteiger partial charge < -0.3 is 9.47 Å². The van der Waals surface area contributed by atoms with E-state index in [-0.39, 0.29) is 33.8 Å². The molecule has 9 heteroatoms. The number of aromatic nitrogens is 1. The standard InChI is InChI=1S/C15H10Cl5NO3/c1-8-10(16)12(11(17)13(21-8)15(18,19)20)24-14(22)23-7-9-5-3-2-4-6-9/h2-6H,7H2,1H3. The average molecular weight is 430 g/mol. The molecule has 0 aliphatic carbocycles. The van der Waals surface area contributed by atoms with E-state index in [0.29, 0.717) is 0 Å². The van der Waals surface area contributed by atoms with E-state index in [2.05, 4.69) is 4.98 Å². The second kappa shape index (κ2) is 7.98. The molecule has 0 radical (unpaired) electrons. The number of pyridine rings is 1. The van der Waals surface area contributed by atoms with Crippen LogP contribution in [0.25, 0.3) is 0 Å².